The minimum Gasteiger partial charge on any atom is -0.381 e. The summed E-state index contributed by atoms with van der Waals surface area (Å²) in [6.07, 6.45) is 7.69. The highest BCUT2D eigenvalue weighted by atomic mass is 16.5. The van der Waals surface area contributed by atoms with Crippen LogP contribution in [0.3, 0.4) is 0 Å². The van der Waals surface area contributed by atoms with Crippen LogP contribution in [0.15, 0.2) is 36.8 Å². The van der Waals surface area contributed by atoms with E-state index in [1.807, 2.05) is 35.4 Å². The van der Waals surface area contributed by atoms with Crippen molar-refractivity contribution in [1.82, 2.24) is 14.8 Å². The average Bonchev–Trinajstić information content (AvgIpc) is 2.96. The Morgan fingerprint density at radius 2 is 2.14 bits per heavy atom. The summed E-state index contributed by atoms with van der Waals surface area (Å²) in [5.41, 5.74) is 1.42. The number of aromatic nitrogens is 3. The molecule has 0 radical (unpaired) electrons. The van der Waals surface area contributed by atoms with E-state index in [1.165, 1.54) is 5.56 Å². The number of hydrogen-bond acceptors (Lipinski definition) is 4. The Hall–Kier alpha value is -1.88. The van der Waals surface area contributed by atoms with Gasteiger partial charge in [-0.05, 0) is 30.5 Å². The predicted octanol–water partition coefficient (Wildman–Crippen LogP) is 2.75. The van der Waals surface area contributed by atoms with Crippen molar-refractivity contribution in [3.05, 3.63) is 42.4 Å². The van der Waals surface area contributed by atoms with Crippen molar-refractivity contribution in [1.29, 1.82) is 0 Å². The maximum atomic E-state index is 5.57. The first-order chi connectivity index (χ1) is 10.6. The summed E-state index contributed by atoms with van der Waals surface area (Å²) in [5, 5.41) is 8.20. The maximum Gasteiger partial charge on any atom is 0.148 e. The summed E-state index contributed by atoms with van der Waals surface area (Å²) in [6, 6.07) is 6.56. The lowest BCUT2D eigenvalue weighted by Crippen LogP contribution is -2.44. The molecule has 1 saturated heterocycles. The first-order valence-corrected chi connectivity index (χ1v) is 7.90. The molecule has 3 heterocycles. The summed E-state index contributed by atoms with van der Waals surface area (Å²) >= 11 is 0. The molecule has 0 amide bonds. The van der Waals surface area contributed by atoms with E-state index in [0.717, 1.165) is 38.4 Å². The highest BCUT2D eigenvalue weighted by Gasteiger charge is 2.33. The van der Waals surface area contributed by atoms with Crippen molar-refractivity contribution in [3.63, 3.8) is 0 Å². The molecule has 22 heavy (non-hydrogen) atoms. The van der Waals surface area contributed by atoms with Crippen LogP contribution in [0.25, 0.3) is 0 Å². The van der Waals surface area contributed by atoms with Crippen molar-refractivity contribution >= 4 is 5.82 Å². The minimum atomic E-state index is 0.138. The zero-order chi connectivity index (χ0) is 15.4. The van der Waals surface area contributed by atoms with Crippen molar-refractivity contribution in [2.75, 3.05) is 18.5 Å². The molecule has 2 aromatic heterocycles. The molecule has 2 aromatic rings. The zero-order valence-electron chi connectivity index (χ0n) is 13.3. The van der Waals surface area contributed by atoms with Gasteiger partial charge < -0.3 is 10.1 Å². The van der Waals surface area contributed by atoms with Crippen LogP contribution in [0.4, 0.5) is 5.82 Å². The molecule has 1 aliphatic rings. The van der Waals surface area contributed by atoms with E-state index in [4.69, 9.17) is 4.74 Å². The molecule has 0 spiro atoms. The lowest BCUT2D eigenvalue weighted by atomic mass is 9.82. The second kappa shape index (κ2) is 6.48. The Morgan fingerprint density at radius 3 is 2.91 bits per heavy atom. The molecule has 0 saturated carbocycles. The standard InChI is InChI=1S/C17H24N4O/c1-17(2)13-22-12-7-15(17)19-16-6-11-21(20-16)10-5-14-3-8-18-9-4-14/h3-4,6,8-9,11,15H,5,7,10,12-13H2,1-2H3,(H,19,20). The Balaban J connectivity index is 1.57. The van der Waals surface area contributed by atoms with Crippen molar-refractivity contribution in [3.8, 4) is 0 Å². The molecule has 1 aliphatic heterocycles. The average molecular weight is 300 g/mol. The summed E-state index contributed by atoms with van der Waals surface area (Å²) in [6.45, 7) is 6.98. The van der Waals surface area contributed by atoms with E-state index in [2.05, 4.69) is 35.3 Å². The van der Waals surface area contributed by atoms with Gasteiger partial charge in [-0.25, -0.2) is 0 Å². The molecule has 0 bridgehead atoms. The number of nitrogens with one attached hydrogen (secondary N) is 1. The minimum absolute atomic E-state index is 0.138. The number of anilines is 1. The molecule has 1 atom stereocenters. The fraction of sp³-hybridized carbons (Fsp3) is 0.529. The fourth-order valence-electron chi connectivity index (χ4n) is 2.83. The first-order valence-electron chi connectivity index (χ1n) is 7.90. The third kappa shape index (κ3) is 3.65. The van der Waals surface area contributed by atoms with Crippen LogP contribution in [0.5, 0.6) is 0 Å². The van der Waals surface area contributed by atoms with Crippen molar-refractivity contribution in [2.45, 2.75) is 39.3 Å². The Bertz CT molecular complexity index is 594. The summed E-state index contributed by atoms with van der Waals surface area (Å²) in [4.78, 5) is 4.04. The number of hydrogen-bond donors (Lipinski definition) is 1. The fourth-order valence-corrected chi connectivity index (χ4v) is 2.83. The second-order valence-corrected chi connectivity index (χ2v) is 6.60. The number of rotatable bonds is 5. The molecule has 5 nitrogen and oxygen atoms in total. The van der Waals surface area contributed by atoms with Gasteiger partial charge in [-0.2, -0.15) is 5.10 Å². The number of ether oxygens (including phenoxy) is 1. The van der Waals surface area contributed by atoms with E-state index < -0.39 is 0 Å². The first kappa shape index (κ1) is 15.0. The third-order valence-corrected chi connectivity index (χ3v) is 4.31. The van der Waals surface area contributed by atoms with Crippen LogP contribution >= 0.6 is 0 Å². The molecule has 0 aliphatic carbocycles. The highest BCUT2D eigenvalue weighted by molar-refractivity contribution is 5.34. The molecule has 3 rings (SSSR count). The smallest absolute Gasteiger partial charge is 0.148 e. The Kier molecular flexibility index (Phi) is 4.43. The van der Waals surface area contributed by atoms with E-state index in [-0.39, 0.29) is 5.41 Å². The van der Waals surface area contributed by atoms with Gasteiger partial charge in [0.05, 0.1) is 6.61 Å². The highest BCUT2D eigenvalue weighted by Crippen LogP contribution is 2.29. The van der Waals surface area contributed by atoms with Crippen LogP contribution in [-0.4, -0.2) is 34.0 Å². The van der Waals surface area contributed by atoms with Crippen LogP contribution in [0.2, 0.25) is 0 Å². The van der Waals surface area contributed by atoms with Gasteiger partial charge in [-0.15, -0.1) is 0 Å². The van der Waals surface area contributed by atoms with Crippen LogP contribution in [0.1, 0.15) is 25.8 Å². The molecule has 5 heteroatoms. The SMILES string of the molecule is CC1(C)COCCC1Nc1ccn(CCc2ccncc2)n1. The molecule has 0 aromatic carbocycles. The number of nitrogens with zero attached hydrogens (tertiary/aromatic N) is 3. The van der Waals surface area contributed by atoms with E-state index in [1.54, 1.807) is 0 Å². The molecular weight excluding hydrogens is 276 g/mol. The summed E-state index contributed by atoms with van der Waals surface area (Å²) in [5.74, 6) is 0.953. The monoisotopic (exact) mass is 300 g/mol. The van der Waals surface area contributed by atoms with Gasteiger partial charge in [0.2, 0.25) is 0 Å². The van der Waals surface area contributed by atoms with Gasteiger partial charge in [0, 0.05) is 49.3 Å². The van der Waals surface area contributed by atoms with Gasteiger partial charge in [-0.3, -0.25) is 9.67 Å². The van der Waals surface area contributed by atoms with Gasteiger partial charge in [0.15, 0.2) is 0 Å². The van der Waals surface area contributed by atoms with Crippen LogP contribution in [-0.2, 0) is 17.7 Å². The Labute approximate surface area is 131 Å². The van der Waals surface area contributed by atoms with Gasteiger partial charge >= 0.3 is 0 Å². The van der Waals surface area contributed by atoms with E-state index in [9.17, 15) is 0 Å². The van der Waals surface area contributed by atoms with Gasteiger partial charge in [-0.1, -0.05) is 13.8 Å². The quantitative estimate of drug-likeness (QED) is 0.922. The largest absolute Gasteiger partial charge is 0.381 e. The lowest BCUT2D eigenvalue weighted by molar-refractivity contribution is 0.00337. The summed E-state index contributed by atoms with van der Waals surface area (Å²) in [7, 11) is 0. The van der Waals surface area contributed by atoms with Gasteiger partial charge in [0.25, 0.3) is 0 Å². The molecule has 1 N–H and O–H groups in total. The maximum absolute atomic E-state index is 5.57. The van der Waals surface area contributed by atoms with E-state index >= 15 is 0 Å². The van der Waals surface area contributed by atoms with Crippen molar-refractivity contribution in [2.24, 2.45) is 5.41 Å². The van der Waals surface area contributed by atoms with Crippen molar-refractivity contribution < 1.29 is 4.74 Å². The van der Waals surface area contributed by atoms with Crippen LogP contribution in [0, 0.1) is 5.41 Å². The predicted molar refractivity (Wildman–Crippen MR) is 86.8 cm³/mol. The lowest BCUT2D eigenvalue weighted by Gasteiger charge is -2.38. The van der Waals surface area contributed by atoms with E-state index in [0.29, 0.717) is 6.04 Å². The second-order valence-electron chi connectivity index (χ2n) is 6.60. The normalized spacial score (nSPS) is 20.7. The molecular formula is C17H24N4O. The third-order valence-electron chi connectivity index (χ3n) is 4.31. The molecule has 118 valence electrons. The zero-order valence-corrected chi connectivity index (χ0v) is 13.3. The van der Waals surface area contributed by atoms with Crippen LogP contribution < -0.4 is 5.32 Å². The molecule has 1 fully saturated rings. The topological polar surface area (TPSA) is 52.0 Å². The molecule has 1 unspecified atom stereocenters. The Morgan fingerprint density at radius 1 is 1.32 bits per heavy atom. The number of aryl methyl sites for hydroxylation is 2. The number of pyridine rings is 1. The van der Waals surface area contributed by atoms with Gasteiger partial charge in [0.1, 0.15) is 5.82 Å². The summed E-state index contributed by atoms with van der Waals surface area (Å²) < 4.78 is 7.57.